The smallest absolute Gasteiger partial charge is 0.183 e. The predicted molar refractivity (Wildman–Crippen MR) is 86.9 cm³/mol. The summed E-state index contributed by atoms with van der Waals surface area (Å²) in [5.74, 6) is 0.945. The van der Waals surface area contributed by atoms with Crippen molar-refractivity contribution in [2.45, 2.75) is 33.1 Å². The van der Waals surface area contributed by atoms with Gasteiger partial charge in [0, 0.05) is 7.05 Å². The highest BCUT2D eigenvalue weighted by molar-refractivity contribution is 7.19. The van der Waals surface area contributed by atoms with Gasteiger partial charge in [0.25, 0.3) is 0 Å². The Bertz CT molecular complexity index is 534. The monoisotopic (exact) mass is 290 g/mol. The van der Waals surface area contributed by atoms with Gasteiger partial charge in [0.15, 0.2) is 5.13 Å². The van der Waals surface area contributed by atoms with Gasteiger partial charge in [0.1, 0.15) is 5.75 Å². The molecule has 20 heavy (non-hydrogen) atoms. The molecule has 1 N–H and O–H groups in total. The molecule has 0 spiro atoms. The van der Waals surface area contributed by atoms with Crippen molar-refractivity contribution in [1.29, 1.82) is 0 Å². The van der Waals surface area contributed by atoms with E-state index in [0.29, 0.717) is 0 Å². The van der Waals surface area contributed by atoms with Gasteiger partial charge in [-0.25, -0.2) is 4.98 Å². The Labute approximate surface area is 125 Å². The maximum Gasteiger partial charge on any atom is 0.183 e. The van der Waals surface area contributed by atoms with Gasteiger partial charge >= 0.3 is 0 Å². The number of aryl methyl sites for hydroxylation is 1. The highest BCUT2D eigenvalue weighted by Gasteiger charge is 2.08. The number of hydrogen-bond acceptors (Lipinski definition) is 4. The first kappa shape index (κ1) is 14.9. The summed E-state index contributed by atoms with van der Waals surface area (Å²) in [6, 6.07) is 8.29. The molecule has 108 valence electrons. The zero-order chi connectivity index (χ0) is 14.4. The van der Waals surface area contributed by atoms with E-state index in [1.54, 1.807) is 11.3 Å². The number of rotatable bonds is 7. The lowest BCUT2D eigenvalue weighted by atomic mass is 10.1. The normalized spacial score (nSPS) is 10.6. The fourth-order valence-electron chi connectivity index (χ4n) is 2.02. The van der Waals surface area contributed by atoms with Crippen LogP contribution < -0.4 is 10.1 Å². The second-order valence-corrected chi connectivity index (χ2v) is 5.76. The summed E-state index contributed by atoms with van der Waals surface area (Å²) in [5, 5.41) is 4.05. The van der Waals surface area contributed by atoms with Gasteiger partial charge in [-0.2, -0.15) is 0 Å². The van der Waals surface area contributed by atoms with E-state index >= 15 is 0 Å². The van der Waals surface area contributed by atoms with E-state index in [-0.39, 0.29) is 0 Å². The standard InChI is InChI=1S/C16H22N2OS/c1-4-5-6-11-19-14-9-7-13(8-10-14)15-12(2)18-16(17-3)20-15/h7-10H,4-6,11H2,1-3H3,(H,17,18). The summed E-state index contributed by atoms with van der Waals surface area (Å²) in [4.78, 5) is 5.69. The molecular formula is C16H22N2OS. The number of thiazole rings is 1. The van der Waals surface area contributed by atoms with E-state index in [1.807, 2.05) is 26.1 Å². The fraction of sp³-hybridized carbons (Fsp3) is 0.438. The molecule has 1 heterocycles. The first-order chi connectivity index (χ1) is 9.74. The number of hydrogen-bond donors (Lipinski definition) is 1. The maximum atomic E-state index is 5.73. The average molecular weight is 290 g/mol. The van der Waals surface area contributed by atoms with Gasteiger partial charge in [0.05, 0.1) is 17.2 Å². The third-order valence-corrected chi connectivity index (χ3v) is 4.37. The highest BCUT2D eigenvalue weighted by atomic mass is 32.1. The molecule has 0 aliphatic carbocycles. The molecule has 0 atom stereocenters. The van der Waals surface area contributed by atoms with Gasteiger partial charge in [-0.3, -0.25) is 0 Å². The van der Waals surface area contributed by atoms with E-state index in [0.717, 1.165) is 29.6 Å². The number of nitrogens with one attached hydrogen (secondary N) is 1. The van der Waals surface area contributed by atoms with Crippen molar-refractivity contribution in [3.63, 3.8) is 0 Å². The van der Waals surface area contributed by atoms with Gasteiger partial charge in [-0.1, -0.05) is 31.1 Å². The van der Waals surface area contributed by atoms with E-state index in [9.17, 15) is 0 Å². The van der Waals surface area contributed by atoms with Crippen molar-refractivity contribution in [3.05, 3.63) is 30.0 Å². The van der Waals surface area contributed by atoms with Crippen molar-refractivity contribution in [1.82, 2.24) is 4.98 Å². The van der Waals surface area contributed by atoms with Crippen LogP contribution in [-0.4, -0.2) is 18.6 Å². The molecular weight excluding hydrogens is 268 g/mol. The zero-order valence-electron chi connectivity index (χ0n) is 12.4. The number of ether oxygens (including phenoxy) is 1. The maximum absolute atomic E-state index is 5.73. The minimum absolute atomic E-state index is 0.802. The molecule has 0 bridgehead atoms. The van der Waals surface area contributed by atoms with E-state index < -0.39 is 0 Å². The Morgan fingerprint density at radius 1 is 1.20 bits per heavy atom. The Kier molecular flexibility index (Phi) is 5.41. The number of anilines is 1. The molecule has 0 amide bonds. The molecule has 0 saturated heterocycles. The van der Waals surface area contributed by atoms with Crippen LogP contribution in [0.15, 0.2) is 24.3 Å². The first-order valence-electron chi connectivity index (χ1n) is 7.13. The van der Waals surface area contributed by atoms with Crippen molar-refractivity contribution >= 4 is 16.5 Å². The van der Waals surface area contributed by atoms with Gasteiger partial charge in [0.2, 0.25) is 0 Å². The molecule has 0 unspecified atom stereocenters. The minimum Gasteiger partial charge on any atom is -0.494 e. The number of benzene rings is 1. The van der Waals surface area contributed by atoms with Crippen molar-refractivity contribution in [3.8, 4) is 16.2 Å². The number of aromatic nitrogens is 1. The molecule has 3 nitrogen and oxygen atoms in total. The summed E-state index contributed by atoms with van der Waals surface area (Å²) >= 11 is 1.68. The third kappa shape index (κ3) is 3.73. The predicted octanol–water partition coefficient (Wildman–Crippen LogP) is 4.73. The van der Waals surface area contributed by atoms with Gasteiger partial charge in [-0.15, -0.1) is 0 Å². The first-order valence-corrected chi connectivity index (χ1v) is 7.94. The van der Waals surface area contributed by atoms with Crippen molar-refractivity contribution < 1.29 is 4.74 Å². The minimum atomic E-state index is 0.802. The Balaban J connectivity index is 2.02. The molecule has 0 radical (unpaired) electrons. The lowest BCUT2D eigenvalue weighted by molar-refractivity contribution is 0.306. The van der Waals surface area contributed by atoms with Crippen LogP contribution in [0.5, 0.6) is 5.75 Å². The quantitative estimate of drug-likeness (QED) is 0.749. The van der Waals surface area contributed by atoms with E-state index in [1.165, 1.54) is 23.3 Å². The van der Waals surface area contributed by atoms with Crippen molar-refractivity contribution in [2.75, 3.05) is 19.0 Å². The SMILES string of the molecule is CCCCCOc1ccc(-c2sc(NC)nc2C)cc1. The van der Waals surface area contributed by atoms with Crippen LogP contribution in [0.1, 0.15) is 31.9 Å². The van der Waals surface area contributed by atoms with Crippen LogP contribution in [0.4, 0.5) is 5.13 Å². The molecule has 2 rings (SSSR count). The van der Waals surface area contributed by atoms with Crippen LogP contribution in [0.3, 0.4) is 0 Å². The Morgan fingerprint density at radius 2 is 1.95 bits per heavy atom. The summed E-state index contributed by atoms with van der Waals surface area (Å²) in [5.41, 5.74) is 2.26. The largest absolute Gasteiger partial charge is 0.494 e. The molecule has 1 aromatic heterocycles. The van der Waals surface area contributed by atoms with Crippen LogP contribution in [0.2, 0.25) is 0 Å². The van der Waals surface area contributed by atoms with E-state index in [4.69, 9.17) is 4.74 Å². The third-order valence-electron chi connectivity index (χ3n) is 3.14. The summed E-state index contributed by atoms with van der Waals surface area (Å²) in [6.07, 6.45) is 3.57. The van der Waals surface area contributed by atoms with Gasteiger partial charge < -0.3 is 10.1 Å². The van der Waals surface area contributed by atoms with Crippen LogP contribution in [0, 0.1) is 6.92 Å². The summed E-state index contributed by atoms with van der Waals surface area (Å²) in [7, 11) is 1.90. The molecule has 4 heteroatoms. The zero-order valence-corrected chi connectivity index (χ0v) is 13.2. The topological polar surface area (TPSA) is 34.1 Å². The lowest BCUT2D eigenvalue weighted by Gasteiger charge is -2.06. The second kappa shape index (κ2) is 7.29. The molecule has 0 aliphatic rings. The van der Waals surface area contributed by atoms with E-state index in [2.05, 4.69) is 29.4 Å². The van der Waals surface area contributed by atoms with Crippen molar-refractivity contribution in [2.24, 2.45) is 0 Å². The second-order valence-electron chi connectivity index (χ2n) is 4.76. The lowest BCUT2D eigenvalue weighted by Crippen LogP contribution is -1.96. The number of nitrogens with zero attached hydrogens (tertiary/aromatic N) is 1. The summed E-state index contributed by atoms with van der Waals surface area (Å²) < 4.78 is 5.73. The van der Waals surface area contributed by atoms with Crippen LogP contribution in [0.25, 0.3) is 10.4 Å². The number of unbranched alkanes of at least 4 members (excludes halogenated alkanes) is 2. The Morgan fingerprint density at radius 3 is 2.55 bits per heavy atom. The van der Waals surface area contributed by atoms with Crippen LogP contribution >= 0.6 is 11.3 Å². The fourth-order valence-corrected chi connectivity index (χ4v) is 2.94. The van der Waals surface area contributed by atoms with Gasteiger partial charge in [-0.05, 0) is 43.2 Å². The van der Waals surface area contributed by atoms with Crippen LogP contribution in [-0.2, 0) is 0 Å². The highest BCUT2D eigenvalue weighted by Crippen LogP contribution is 2.33. The summed E-state index contributed by atoms with van der Waals surface area (Å²) in [6.45, 7) is 5.05. The molecule has 0 fully saturated rings. The average Bonchev–Trinajstić information content (AvgIpc) is 2.85. The molecule has 2 aromatic rings. The molecule has 0 aliphatic heterocycles. The Hall–Kier alpha value is -1.55. The molecule has 1 aromatic carbocycles. The molecule has 0 saturated carbocycles.